The third-order valence-corrected chi connectivity index (χ3v) is 6.24. The summed E-state index contributed by atoms with van der Waals surface area (Å²) in [4.78, 5) is 25.9. The molecule has 0 aliphatic rings. The zero-order chi connectivity index (χ0) is 23.2. The van der Waals surface area contributed by atoms with E-state index in [4.69, 9.17) is 11.6 Å². The van der Waals surface area contributed by atoms with Gasteiger partial charge in [0.25, 0.3) is 5.56 Å². The van der Waals surface area contributed by atoms with Gasteiger partial charge in [-0.05, 0) is 32.0 Å². The molecule has 0 unspecified atom stereocenters. The van der Waals surface area contributed by atoms with Crippen LogP contribution in [-0.4, -0.2) is 39.4 Å². The summed E-state index contributed by atoms with van der Waals surface area (Å²) in [5, 5.41) is 9.59. The first-order chi connectivity index (χ1) is 15.0. The van der Waals surface area contributed by atoms with Crippen molar-refractivity contribution >= 4 is 55.5 Å². The number of rotatable bonds is 5. The molecule has 32 heavy (non-hydrogen) atoms. The fourth-order valence-electron chi connectivity index (χ4n) is 3.17. The van der Waals surface area contributed by atoms with Crippen LogP contribution in [0.1, 0.15) is 11.4 Å². The van der Waals surface area contributed by atoms with Gasteiger partial charge < -0.3 is 10.6 Å². The maximum Gasteiger partial charge on any atom is 0.277 e. The molecule has 0 atom stereocenters. The number of anilines is 4. The van der Waals surface area contributed by atoms with E-state index in [9.17, 15) is 13.2 Å². The fourth-order valence-corrected chi connectivity index (χ4v) is 4.26. The minimum atomic E-state index is -3.59. The van der Waals surface area contributed by atoms with Crippen LogP contribution < -0.4 is 16.2 Å². The Labute approximate surface area is 188 Å². The maximum atomic E-state index is 12.7. The smallest absolute Gasteiger partial charge is 0.277 e. The van der Waals surface area contributed by atoms with Crippen LogP contribution >= 0.6 is 11.6 Å². The summed E-state index contributed by atoms with van der Waals surface area (Å²) >= 11 is 6.01. The van der Waals surface area contributed by atoms with Gasteiger partial charge in [-0.1, -0.05) is 11.6 Å². The highest BCUT2D eigenvalue weighted by atomic mass is 35.5. The number of nitrogens with zero attached hydrogens (tertiary/aromatic N) is 4. The van der Waals surface area contributed by atoms with Crippen molar-refractivity contribution in [3.05, 3.63) is 57.2 Å². The van der Waals surface area contributed by atoms with Crippen molar-refractivity contribution in [2.45, 2.75) is 18.7 Å². The van der Waals surface area contributed by atoms with E-state index >= 15 is 0 Å². The van der Waals surface area contributed by atoms with Crippen LogP contribution in [0, 0.1) is 13.8 Å². The van der Waals surface area contributed by atoms with E-state index in [1.807, 2.05) is 13.8 Å². The Morgan fingerprint density at radius 1 is 1.03 bits per heavy atom. The molecule has 0 spiro atoms. The van der Waals surface area contributed by atoms with Crippen molar-refractivity contribution in [3.8, 4) is 0 Å². The van der Waals surface area contributed by atoms with Crippen molar-refractivity contribution in [2.75, 3.05) is 16.9 Å². The lowest BCUT2D eigenvalue weighted by Crippen LogP contribution is -2.12. The van der Waals surface area contributed by atoms with Gasteiger partial charge in [0, 0.05) is 24.4 Å². The normalized spacial score (nSPS) is 11.7. The molecule has 166 valence electrons. The third kappa shape index (κ3) is 4.16. The summed E-state index contributed by atoms with van der Waals surface area (Å²) in [6.07, 6.45) is 2.67. The topological polar surface area (TPSA) is 135 Å². The number of benzene rings is 1. The first kappa shape index (κ1) is 21.8. The standard InChI is InChI=1S/C20H20ClN7O3S/c1-10-11(2)23-17(9-22-10)25-16-8-14(18-19(26-16)27-28(3)20(18)29)24-13-6-5-12(21)7-15(13)32(4,30)31/h5-9H,1-4H3,(H3,23,24,25,26,27). The fraction of sp³-hybridized carbons (Fsp3) is 0.200. The number of nitrogens with one attached hydrogen (secondary N) is 3. The predicted molar refractivity (Wildman–Crippen MR) is 124 cm³/mol. The van der Waals surface area contributed by atoms with E-state index < -0.39 is 9.84 Å². The summed E-state index contributed by atoms with van der Waals surface area (Å²) in [6.45, 7) is 3.71. The predicted octanol–water partition coefficient (Wildman–Crippen LogP) is 3.21. The molecule has 12 heteroatoms. The van der Waals surface area contributed by atoms with Crippen LogP contribution in [0.3, 0.4) is 0 Å². The average Bonchev–Trinajstić information content (AvgIpc) is 2.99. The van der Waals surface area contributed by atoms with Crippen molar-refractivity contribution in [3.63, 3.8) is 0 Å². The van der Waals surface area contributed by atoms with E-state index in [2.05, 4.69) is 30.7 Å². The molecule has 0 radical (unpaired) electrons. The number of aryl methyl sites for hydroxylation is 3. The molecule has 3 N–H and O–H groups in total. The highest BCUT2D eigenvalue weighted by molar-refractivity contribution is 7.90. The maximum absolute atomic E-state index is 12.7. The monoisotopic (exact) mass is 473 g/mol. The van der Waals surface area contributed by atoms with E-state index in [0.717, 1.165) is 17.6 Å². The Balaban J connectivity index is 1.85. The highest BCUT2D eigenvalue weighted by Gasteiger charge is 2.18. The zero-order valence-electron chi connectivity index (χ0n) is 17.7. The summed E-state index contributed by atoms with van der Waals surface area (Å²) < 4.78 is 25.9. The van der Waals surface area contributed by atoms with Gasteiger partial charge in [0.2, 0.25) is 0 Å². The lowest BCUT2D eigenvalue weighted by Gasteiger charge is -2.13. The molecule has 0 aliphatic heterocycles. The summed E-state index contributed by atoms with van der Waals surface area (Å²) in [5.41, 5.74) is 2.22. The molecular weight excluding hydrogens is 454 g/mol. The summed E-state index contributed by atoms with van der Waals surface area (Å²) in [7, 11) is -2.02. The molecule has 1 aromatic carbocycles. The Bertz CT molecular complexity index is 1530. The number of pyridine rings is 1. The molecule has 3 aromatic heterocycles. The first-order valence-corrected chi connectivity index (χ1v) is 11.7. The molecule has 4 aromatic rings. The van der Waals surface area contributed by atoms with Crippen LogP contribution in [0.4, 0.5) is 23.0 Å². The van der Waals surface area contributed by atoms with E-state index in [1.54, 1.807) is 31.4 Å². The van der Waals surface area contributed by atoms with E-state index in [0.29, 0.717) is 23.0 Å². The largest absolute Gasteiger partial charge is 0.354 e. The second kappa shape index (κ2) is 7.92. The zero-order valence-corrected chi connectivity index (χ0v) is 19.3. The number of aromatic amines is 1. The minimum Gasteiger partial charge on any atom is -0.354 e. The number of hydrogen-bond acceptors (Lipinski definition) is 8. The van der Waals surface area contributed by atoms with Crippen molar-refractivity contribution < 1.29 is 8.42 Å². The van der Waals surface area contributed by atoms with Crippen molar-refractivity contribution in [1.29, 1.82) is 0 Å². The van der Waals surface area contributed by atoms with Gasteiger partial charge in [0.1, 0.15) is 17.0 Å². The van der Waals surface area contributed by atoms with Gasteiger partial charge in [-0.3, -0.25) is 19.6 Å². The number of halogens is 1. The molecule has 0 bridgehead atoms. The second-order valence-corrected chi connectivity index (χ2v) is 9.76. The second-order valence-electron chi connectivity index (χ2n) is 7.34. The molecule has 0 aliphatic carbocycles. The van der Waals surface area contributed by atoms with Gasteiger partial charge >= 0.3 is 0 Å². The first-order valence-electron chi connectivity index (χ1n) is 9.46. The van der Waals surface area contributed by atoms with Crippen LogP contribution in [-0.2, 0) is 16.9 Å². The third-order valence-electron chi connectivity index (χ3n) is 4.87. The van der Waals surface area contributed by atoms with E-state index in [1.165, 1.54) is 10.7 Å². The summed E-state index contributed by atoms with van der Waals surface area (Å²) in [6, 6.07) is 6.08. The molecule has 3 heterocycles. The highest BCUT2D eigenvalue weighted by Crippen LogP contribution is 2.31. The number of hydrogen-bond donors (Lipinski definition) is 3. The van der Waals surface area contributed by atoms with Gasteiger partial charge in [-0.2, -0.15) is 0 Å². The Morgan fingerprint density at radius 3 is 2.47 bits per heavy atom. The Morgan fingerprint density at radius 2 is 1.78 bits per heavy atom. The van der Waals surface area contributed by atoms with Crippen molar-refractivity contribution in [2.24, 2.45) is 7.05 Å². The van der Waals surface area contributed by atoms with Crippen molar-refractivity contribution in [1.82, 2.24) is 24.7 Å². The number of aromatic nitrogens is 5. The SMILES string of the molecule is Cc1ncc(Nc2cc(Nc3ccc(Cl)cc3S(C)(=O)=O)c3c(=O)n(C)[nH]c3n2)nc1C. The molecule has 0 fully saturated rings. The van der Waals surface area contributed by atoms with E-state index in [-0.39, 0.29) is 26.6 Å². The lowest BCUT2D eigenvalue weighted by molar-refractivity contribution is 0.602. The minimum absolute atomic E-state index is 0.0110. The molecular formula is C20H20ClN7O3S. The van der Waals surface area contributed by atoms with Crippen LogP contribution in [0.25, 0.3) is 11.0 Å². The molecule has 0 amide bonds. The number of sulfone groups is 1. The molecule has 0 saturated heterocycles. The van der Waals surface area contributed by atoms with Crippen LogP contribution in [0.5, 0.6) is 0 Å². The Kier molecular flexibility index (Phi) is 5.39. The molecule has 4 rings (SSSR count). The van der Waals surface area contributed by atoms with Crippen LogP contribution in [0.2, 0.25) is 5.02 Å². The molecule has 10 nitrogen and oxygen atoms in total. The van der Waals surface area contributed by atoms with Gasteiger partial charge in [-0.15, -0.1) is 0 Å². The lowest BCUT2D eigenvalue weighted by atomic mass is 10.2. The van der Waals surface area contributed by atoms with Gasteiger partial charge in [-0.25, -0.2) is 18.4 Å². The number of fused-ring (bicyclic) bond motifs is 1. The van der Waals surface area contributed by atoms with Crippen LogP contribution in [0.15, 0.2) is 40.2 Å². The average molecular weight is 474 g/mol. The van der Waals surface area contributed by atoms with Gasteiger partial charge in [0.15, 0.2) is 15.5 Å². The summed E-state index contributed by atoms with van der Waals surface area (Å²) in [5.74, 6) is 0.863. The molecule has 0 saturated carbocycles. The number of H-pyrrole nitrogens is 1. The van der Waals surface area contributed by atoms with Gasteiger partial charge in [0.05, 0.1) is 33.9 Å². The quantitative estimate of drug-likeness (QED) is 0.402. The Hall–Kier alpha value is -3.44.